The summed E-state index contributed by atoms with van der Waals surface area (Å²) in [6.07, 6.45) is 3.65. The van der Waals surface area contributed by atoms with Crippen molar-refractivity contribution in [2.75, 3.05) is 18.6 Å². The molecule has 0 saturated carbocycles. The van der Waals surface area contributed by atoms with E-state index in [1.165, 1.54) is 12.0 Å². The number of aryl methyl sites for hydroxylation is 3. The zero-order valence-corrected chi connectivity index (χ0v) is 24.2. The molecule has 1 aliphatic rings. The number of ketones is 1. The van der Waals surface area contributed by atoms with Crippen molar-refractivity contribution in [3.63, 3.8) is 0 Å². The summed E-state index contributed by atoms with van der Waals surface area (Å²) >= 11 is 0.945. The van der Waals surface area contributed by atoms with Crippen molar-refractivity contribution in [2.45, 2.75) is 46.6 Å². The maximum Gasteiger partial charge on any atom is 0.350 e. The largest absolute Gasteiger partial charge is 0.505 e. The number of imidazole rings is 1. The molecule has 1 atom stereocenters. The molecule has 1 amide bonds. The average Bonchev–Trinajstić information content (AvgIpc) is 3.60. The Labute approximate surface area is 240 Å². The molecule has 11 heteroatoms. The quantitative estimate of drug-likeness (QED) is 0.0988. The lowest BCUT2D eigenvalue weighted by Gasteiger charge is -2.23. The van der Waals surface area contributed by atoms with E-state index in [-0.39, 0.29) is 21.3 Å². The van der Waals surface area contributed by atoms with Crippen LogP contribution in [0.1, 0.15) is 63.7 Å². The van der Waals surface area contributed by atoms with E-state index in [0.717, 1.165) is 29.7 Å². The third-order valence-corrected chi connectivity index (χ3v) is 8.19. The fraction of sp³-hybridized carbons (Fsp3) is 0.300. The summed E-state index contributed by atoms with van der Waals surface area (Å²) in [4.78, 5) is 50.2. The van der Waals surface area contributed by atoms with Crippen LogP contribution in [0.3, 0.4) is 0 Å². The highest BCUT2D eigenvalue weighted by molar-refractivity contribution is 7.17. The molecule has 1 aromatic carbocycles. The number of methoxy groups -OCH3 is 1. The number of carbonyl (C=O) groups is 3. The van der Waals surface area contributed by atoms with Crippen LogP contribution in [0.25, 0.3) is 11.4 Å². The van der Waals surface area contributed by atoms with Gasteiger partial charge in [0.1, 0.15) is 22.0 Å². The normalized spacial score (nSPS) is 16.5. The number of unbranched alkanes of at least 4 members (excludes halogenated alkanes) is 1. The predicted molar refractivity (Wildman–Crippen MR) is 154 cm³/mol. The fourth-order valence-electron chi connectivity index (χ4n) is 4.90. The summed E-state index contributed by atoms with van der Waals surface area (Å²) in [7, 11) is 1.26. The van der Waals surface area contributed by atoms with Crippen LogP contribution in [0, 0.1) is 20.8 Å². The van der Waals surface area contributed by atoms with Crippen LogP contribution >= 0.6 is 11.3 Å². The van der Waals surface area contributed by atoms with E-state index in [2.05, 4.69) is 16.9 Å². The number of hydrogen-bond acceptors (Lipinski definition) is 9. The highest BCUT2D eigenvalue weighted by Gasteiger charge is 2.49. The van der Waals surface area contributed by atoms with E-state index in [9.17, 15) is 19.5 Å². The molecule has 41 heavy (non-hydrogen) atoms. The van der Waals surface area contributed by atoms with Crippen LogP contribution < -0.4 is 9.64 Å². The number of benzene rings is 1. The van der Waals surface area contributed by atoms with Gasteiger partial charge in [-0.15, -0.1) is 0 Å². The molecule has 0 spiro atoms. The Balaban J connectivity index is 1.72. The summed E-state index contributed by atoms with van der Waals surface area (Å²) in [6.45, 7) is 7.89. The highest BCUT2D eigenvalue weighted by Crippen LogP contribution is 2.44. The topological polar surface area (TPSA) is 123 Å². The maximum atomic E-state index is 13.7. The summed E-state index contributed by atoms with van der Waals surface area (Å²) < 4.78 is 12.6. The number of ether oxygens (including phenoxy) is 2. The first-order valence-corrected chi connectivity index (χ1v) is 14.0. The SMILES string of the molecule is CCCCOc1cccc(C2/C(=C(\O)c3nc4c(C)cccn4c3C)C(=O)C(=O)N2c2nc(C)c(C(=O)OC)s2)c1. The summed E-state index contributed by atoms with van der Waals surface area (Å²) in [6, 6.07) is 9.78. The summed E-state index contributed by atoms with van der Waals surface area (Å²) in [5.41, 5.74) is 3.09. The van der Waals surface area contributed by atoms with Gasteiger partial charge in [-0.2, -0.15) is 0 Å². The Morgan fingerprint density at radius 1 is 1.12 bits per heavy atom. The van der Waals surface area contributed by atoms with Crippen molar-refractivity contribution in [1.29, 1.82) is 0 Å². The molecular formula is C30H30N4O6S. The minimum absolute atomic E-state index is 0.127. The molecule has 1 N–H and O–H groups in total. The number of anilines is 1. The van der Waals surface area contributed by atoms with Crippen molar-refractivity contribution in [3.8, 4) is 5.75 Å². The van der Waals surface area contributed by atoms with Gasteiger partial charge in [0, 0.05) is 6.20 Å². The van der Waals surface area contributed by atoms with Crippen LogP contribution in [0.4, 0.5) is 5.13 Å². The number of carbonyl (C=O) groups excluding carboxylic acids is 3. The number of fused-ring (bicyclic) bond motifs is 1. The van der Waals surface area contributed by atoms with Crippen LogP contribution in [0.2, 0.25) is 0 Å². The van der Waals surface area contributed by atoms with E-state index in [4.69, 9.17) is 9.47 Å². The summed E-state index contributed by atoms with van der Waals surface area (Å²) in [5, 5.41) is 11.8. The van der Waals surface area contributed by atoms with Gasteiger partial charge < -0.3 is 19.0 Å². The molecule has 0 bridgehead atoms. The number of nitrogens with zero attached hydrogens (tertiary/aromatic N) is 4. The molecule has 1 aliphatic heterocycles. The maximum absolute atomic E-state index is 13.7. The van der Waals surface area contributed by atoms with Gasteiger partial charge >= 0.3 is 11.9 Å². The Bertz CT molecular complexity index is 1720. The predicted octanol–water partition coefficient (Wildman–Crippen LogP) is 5.31. The van der Waals surface area contributed by atoms with Crippen molar-refractivity contribution in [2.24, 2.45) is 0 Å². The molecular weight excluding hydrogens is 544 g/mol. The van der Waals surface area contributed by atoms with Gasteiger partial charge in [-0.25, -0.2) is 14.8 Å². The number of thiazole rings is 1. The molecule has 3 aromatic heterocycles. The first-order chi connectivity index (χ1) is 19.7. The smallest absolute Gasteiger partial charge is 0.350 e. The number of aliphatic hydroxyl groups excluding tert-OH is 1. The molecule has 10 nitrogen and oxygen atoms in total. The second-order valence-electron chi connectivity index (χ2n) is 9.78. The monoisotopic (exact) mass is 574 g/mol. The van der Waals surface area contributed by atoms with E-state index < -0.39 is 29.5 Å². The number of amides is 1. The number of Topliss-reactive ketones (excluding diaryl/α,β-unsaturated/α-hetero) is 1. The number of hydrogen-bond donors (Lipinski definition) is 1. The minimum atomic E-state index is -1.05. The van der Waals surface area contributed by atoms with Gasteiger partial charge in [-0.3, -0.25) is 14.5 Å². The van der Waals surface area contributed by atoms with Crippen molar-refractivity contribution < 1.29 is 29.0 Å². The Hall–Kier alpha value is -4.51. The van der Waals surface area contributed by atoms with Crippen LogP contribution in [0.15, 0.2) is 48.2 Å². The number of aliphatic hydroxyl groups is 1. The molecule has 0 aliphatic carbocycles. The second-order valence-corrected chi connectivity index (χ2v) is 10.8. The zero-order chi connectivity index (χ0) is 29.4. The summed E-state index contributed by atoms with van der Waals surface area (Å²) in [5.74, 6) is -2.19. The van der Waals surface area contributed by atoms with Gasteiger partial charge in [0.15, 0.2) is 10.9 Å². The minimum Gasteiger partial charge on any atom is -0.505 e. The van der Waals surface area contributed by atoms with Crippen molar-refractivity contribution in [1.82, 2.24) is 14.4 Å². The molecule has 0 radical (unpaired) electrons. The lowest BCUT2D eigenvalue weighted by atomic mass is 9.96. The fourth-order valence-corrected chi connectivity index (χ4v) is 5.91. The number of esters is 1. The highest BCUT2D eigenvalue weighted by atomic mass is 32.1. The van der Waals surface area contributed by atoms with E-state index in [1.54, 1.807) is 38.1 Å². The third kappa shape index (κ3) is 4.86. The molecule has 212 valence electrons. The number of rotatable bonds is 8. The van der Waals surface area contributed by atoms with Gasteiger partial charge in [0.2, 0.25) is 0 Å². The number of aromatic nitrogens is 3. The van der Waals surface area contributed by atoms with E-state index in [1.807, 2.05) is 29.7 Å². The van der Waals surface area contributed by atoms with Crippen molar-refractivity contribution >= 4 is 45.5 Å². The molecule has 5 rings (SSSR count). The molecule has 1 saturated heterocycles. The van der Waals surface area contributed by atoms with Crippen LogP contribution in [-0.2, 0) is 14.3 Å². The first kappa shape index (κ1) is 28.0. The third-order valence-electron chi connectivity index (χ3n) is 7.06. The second kappa shape index (κ2) is 11.2. The van der Waals surface area contributed by atoms with Gasteiger partial charge in [0.25, 0.3) is 5.78 Å². The van der Waals surface area contributed by atoms with Gasteiger partial charge in [-0.05, 0) is 56.5 Å². The standard InChI is InChI=1S/C30H30N4O6S/c1-6-7-14-40-20-12-8-11-19(15-20)23-21(24(35)22-18(4)33-13-9-10-16(2)27(33)32-22)25(36)28(37)34(23)30-31-17(3)26(41-30)29(38)39-5/h8-13,15,23,35H,6-7,14H2,1-5H3/b24-21+. The van der Waals surface area contributed by atoms with Crippen molar-refractivity contribution in [3.05, 3.63) is 81.3 Å². The zero-order valence-electron chi connectivity index (χ0n) is 23.4. The molecule has 4 heterocycles. The van der Waals surface area contributed by atoms with E-state index in [0.29, 0.717) is 35.0 Å². The lowest BCUT2D eigenvalue weighted by Crippen LogP contribution is -2.29. The Morgan fingerprint density at radius 2 is 1.90 bits per heavy atom. The molecule has 1 fully saturated rings. The van der Waals surface area contributed by atoms with Gasteiger partial charge in [-0.1, -0.05) is 42.9 Å². The molecule has 4 aromatic rings. The average molecular weight is 575 g/mol. The first-order valence-electron chi connectivity index (χ1n) is 13.2. The lowest BCUT2D eigenvalue weighted by molar-refractivity contribution is -0.132. The molecule has 1 unspecified atom stereocenters. The van der Waals surface area contributed by atoms with E-state index >= 15 is 0 Å². The van der Waals surface area contributed by atoms with Gasteiger partial charge in [0.05, 0.1) is 36.7 Å². The Morgan fingerprint density at radius 3 is 2.61 bits per heavy atom. The number of pyridine rings is 1. The van der Waals surface area contributed by atoms with Crippen LogP contribution in [-0.4, -0.2) is 50.9 Å². The van der Waals surface area contributed by atoms with Crippen LogP contribution in [0.5, 0.6) is 5.75 Å². The Kier molecular flexibility index (Phi) is 7.63.